The van der Waals surface area contributed by atoms with Crippen LogP contribution < -0.4 is 4.74 Å². The molecule has 1 atom stereocenters. The normalized spacial score (nSPS) is 21.0. The minimum atomic E-state index is 0.00271. The van der Waals surface area contributed by atoms with Crippen molar-refractivity contribution < 1.29 is 4.74 Å². The highest BCUT2D eigenvalue weighted by Gasteiger charge is 2.52. The lowest BCUT2D eigenvalue weighted by Gasteiger charge is -2.32. The average Bonchev–Trinajstić information content (AvgIpc) is 3.29. The minimum Gasteiger partial charge on any atom is -0.497 e. The van der Waals surface area contributed by atoms with Gasteiger partial charge in [-0.3, -0.25) is 0 Å². The van der Waals surface area contributed by atoms with E-state index in [2.05, 4.69) is 94.4 Å². The zero-order valence-corrected chi connectivity index (χ0v) is 19.9. The molecule has 5 rings (SSSR count). The van der Waals surface area contributed by atoms with Gasteiger partial charge in [-0.2, -0.15) is 0 Å². The van der Waals surface area contributed by atoms with E-state index in [9.17, 15) is 0 Å². The first kappa shape index (κ1) is 20.8. The van der Waals surface area contributed by atoms with Gasteiger partial charge in [-0.15, -0.1) is 0 Å². The standard InChI is InChI=1S/C31H32O/c1-6-24-27(7-2)31(9-4)28(8-3)25-12-10-11-13-26(25)30(31)29(24)22-15-14-21-19-23(32-5)17-16-20(21)18-22/h8,10-19H,6-7,9H2,1-5H3/b28-8+. The Bertz CT molecular complexity index is 1320. The van der Waals surface area contributed by atoms with Crippen LogP contribution in [0.2, 0.25) is 0 Å². The molecule has 0 saturated heterocycles. The molecule has 0 fully saturated rings. The average molecular weight is 421 g/mol. The third kappa shape index (κ3) is 2.64. The molecule has 32 heavy (non-hydrogen) atoms. The Morgan fingerprint density at radius 1 is 0.844 bits per heavy atom. The summed E-state index contributed by atoms with van der Waals surface area (Å²) in [5.41, 5.74) is 11.8. The van der Waals surface area contributed by atoms with E-state index < -0.39 is 0 Å². The number of hydrogen-bond acceptors (Lipinski definition) is 1. The molecular weight excluding hydrogens is 388 g/mol. The summed E-state index contributed by atoms with van der Waals surface area (Å²) in [6.07, 6.45) is 5.61. The van der Waals surface area contributed by atoms with Crippen molar-refractivity contribution in [2.24, 2.45) is 5.41 Å². The molecule has 0 spiro atoms. The van der Waals surface area contributed by atoms with Crippen molar-refractivity contribution in [1.82, 2.24) is 0 Å². The van der Waals surface area contributed by atoms with Crippen LogP contribution in [0.4, 0.5) is 0 Å². The summed E-state index contributed by atoms with van der Waals surface area (Å²) in [7, 11) is 1.73. The molecule has 2 aliphatic rings. The fraction of sp³-hybridized carbons (Fsp3) is 0.290. The van der Waals surface area contributed by atoms with E-state index in [0.29, 0.717) is 0 Å². The van der Waals surface area contributed by atoms with Crippen LogP contribution in [0.5, 0.6) is 5.75 Å². The maximum atomic E-state index is 5.44. The maximum Gasteiger partial charge on any atom is 0.119 e. The van der Waals surface area contributed by atoms with Gasteiger partial charge in [0, 0.05) is 5.41 Å². The Kier molecular flexibility index (Phi) is 5.08. The summed E-state index contributed by atoms with van der Waals surface area (Å²) < 4.78 is 5.44. The lowest BCUT2D eigenvalue weighted by Crippen LogP contribution is -2.19. The van der Waals surface area contributed by atoms with Gasteiger partial charge < -0.3 is 4.74 Å². The quantitative estimate of drug-likeness (QED) is 0.401. The van der Waals surface area contributed by atoms with Crippen LogP contribution >= 0.6 is 0 Å². The summed E-state index contributed by atoms with van der Waals surface area (Å²) in [5, 5.41) is 2.48. The summed E-state index contributed by atoms with van der Waals surface area (Å²) in [4.78, 5) is 0. The molecule has 0 aromatic heterocycles. The van der Waals surface area contributed by atoms with Crippen LogP contribution in [-0.2, 0) is 0 Å². The molecule has 3 aromatic carbocycles. The highest BCUT2D eigenvalue weighted by Crippen LogP contribution is 2.68. The Balaban J connectivity index is 1.86. The minimum absolute atomic E-state index is 0.00271. The number of ether oxygens (including phenoxy) is 1. The molecule has 3 aromatic rings. The molecule has 0 saturated carbocycles. The van der Waals surface area contributed by atoms with Gasteiger partial charge in [0.2, 0.25) is 0 Å². The van der Waals surface area contributed by atoms with E-state index in [1.807, 2.05) is 0 Å². The highest BCUT2D eigenvalue weighted by molar-refractivity contribution is 6.16. The smallest absolute Gasteiger partial charge is 0.119 e. The number of rotatable bonds is 5. The van der Waals surface area contributed by atoms with Crippen molar-refractivity contribution in [3.8, 4) is 5.75 Å². The molecule has 1 heteroatoms. The Morgan fingerprint density at radius 2 is 1.56 bits per heavy atom. The number of benzene rings is 3. The molecule has 0 heterocycles. The molecule has 1 unspecified atom stereocenters. The van der Waals surface area contributed by atoms with Gasteiger partial charge >= 0.3 is 0 Å². The van der Waals surface area contributed by atoms with Gasteiger partial charge in [-0.05, 0) is 94.1 Å². The van der Waals surface area contributed by atoms with E-state index in [-0.39, 0.29) is 5.41 Å². The summed E-state index contributed by atoms with van der Waals surface area (Å²) in [6, 6.07) is 22.3. The van der Waals surface area contributed by atoms with Crippen molar-refractivity contribution in [2.75, 3.05) is 7.11 Å². The zero-order chi connectivity index (χ0) is 22.5. The molecular formula is C31H32O. The van der Waals surface area contributed by atoms with E-state index in [0.717, 1.165) is 25.0 Å². The van der Waals surface area contributed by atoms with Gasteiger partial charge in [0.05, 0.1) is 7.11 Å². The van der Waals surface area contributed by atoms with Gasteiger partial charge in [0.1, 0.15) is 5.75 Å². The van der Waals surface area contributed by atoms with Crippen LogP contribution in [0.1, 0.15) is 63.6 Å². The van der Waals surface area contributed by atoms with Crippen LogP contribution in [-0.4, -0.2) is 7.11 Å². The fourth-order valence-corrected chi connectivity index (χ4v) is 6.46. The van der Waals surface area contributed by atoms with Crippen molar-refractivity contribution in [2.45, 2.75) is 47.0 Å². The first-order valence-electron chi connectivity index (χ1n) is 12.0. The predicted molar refractivity (Wildman–Crippen MR) is 138 cm³/mol. The zero-order valence-electron chi connectivity index (χ0n) is 19.9. The first-order valence-corrected chi connectivity index (χ1v) is 12.0. The van der Waals surface area contributed by atoms with Crippen LogP contribution in [0.3, 0.4) is 0 Å². The van der Waals surface area contributed by atoms with E-state index in [1.165, 1.54) is 44.2 Å². The molecule has 162 valence electrons. The second-order valence-corrected chi connectivity index (χ2v) is 8.85. The Hall–Kier alpha value is -3.06. The number of methoxy groups -OCH3 is 1. The molecule has 0 aliphatic heterocycles. The third-order valence-corrected chi connectivity index (χ3v) is 7.67. The summed E-state index contributed by atoms with van der Waals surface area (Å²) in [6.45, 7) is 9.25. The van der Waals surface area contributed by atoms with Crippen LogP contribution in [0.15, 0.2) is 77.9 Å². The largest absolute Gasteiger partial charge is 0.497 e. The SMILES string of the molecule is C/C=C1\c2ccccc2C2=C(c3ccc4cc(OC)ccc4c3)C(CC)=C(CC)C21CC. The maximum absolute atomic E-state index is 5.44. The fourth-order valence-electron chi connectivity index (χ4n) is 6.46. The summed E-state index contributed by atoms with van der Waals surface area (Å²) in [5.74, 6) is 0.906. The number of fused-ring (bicyclic) bond motifs is 4. The molecule has 0 bridgehead atoms. The first-order chi connectivity index (χ1) is 15.6. The van der Waals surface area contributed by atoms with E-state index >= 15 is 0 Å². The number of allylic oxidation sites excluding steroid dienone is 6. The molecule has 0 radical (unpaired) electrons. The van der Waals surface area contributed by atoms with Crippen LogP contribution in [0, 0.1) is 5.41 Å². The van der Waals surface area contributed by atoms with E-state index in [4.69, 9.17) is 4.74 Å². The van der Waals surface area contributed by atoms with Crippen molar-refractivity contribution in [1.29, 1.82) is 0 Å². The van der Waals surface area contributed by atoms with Crippen LogP contribution in [0.25, 0.3) is 27.5 Å². The second kappa shape index (κ2) is 7.81. The Morgan fingerprint density at radius 3 is 2.22 bits per heavy atom. The lowest BCUT2D eigenvalue weighted by molar-refractivity contribution is 0.415. The van der Waals surface area contributed by atoms with Gasteiger partial charge in [0.25, 0.3) is 0 Å². The number of hydrogen-bond donors (Lipinski definition) is 0. The topological polar surface area (TPSA) is 9.23 Å². The lowest BCUT2D eigenvalue weighted by atomic mass is 9.70. The van der Waals surface area contributed by atoms with Crippen molar-refractivity contribution >= 4 is 27.5 Å². The Labute approximate surface area is 192 Å². The molecule has 0 N–H and O–H groups in total. The molecule has 2 aliphatic carbocycles. The van der Waals surface area contributed by atoms with E-state index in [1.54, 1.807) is 18.3 Å². The highest BCUT2D eigenvalue weighted by atomic mass is 16.5. The summed E-state index contributed by atoms with van der Waals surface area (Å²) >= 11 is 0. The molecule has 1 nitrogen and oxygen atoms in total. The van der Waals surface area contributed by atoms with Gasteiger partial charge in [-0.25, -0.2) is 0 Å². The van der Waals surface area contributed by atoms with Gasteiger partial charge in [-0.1, -0.05) is 74.9 Å². The predicted octanol–water partition coefficient (Wildman–Crippen LogP) is 8.70. The van der Waals surface area contributed by atoms with Crippen molar-refractivity contribution in [3.63, 3.8) is 0 Å². The second-order valence-electron chi connectivity index (χ2n) is 8.85. The third-order valence-electron chi connectivity index (χ3n) is 7.67. The monoisotopic (exact) mass is 420 g/mol. The molecule has 0 amide bonds. The van der Waals surface area contributed by atoms with Crippen molar-refractivity contribution in [3.05, 3.63) is 94.6 Å². The van der Waals surface area contributed by atoms with Gasteiger partial charge in [0.15, 0.2) is 0 Å².